The van der Waals surface area contributed by atoms with Gasteiger partial charge < -0.3 is 10.2 Å². The van der Waals surface area contributed by atoms with E-state index in [1.807, 2.05) is 6.07 Å². The van der Waals surface area contributed by atoms with Gasteiger partial charge in [0.15, 0.2) is 0 Å². The molecule has 0 unspecified atom stereocenters. The molecule has 3 atom stereocenters. The van der Waals surface area contributed by atoms with Gasteiger partial charge in [0, 0.05) is 19.6 Å². The number of hydrogen-bond acceptors (Lipinski definition) is 2. The molecule has 0 saturated carbocycles. The third kappa shape index (κ3) is 8.07. The molecule has 1 aliphatic heterocycles. The smallest absolute Gasteiger partial charge is 0.312 e. The van der Waals surface area contributed by atoms with Crippen LogP contribution in [0.3, 0.4) is 0 Å². The van der Waals surface area contributed by atoms with Gasteiger partial charge in [0.25, 0.3) is 0 Å². The van der Waals surface area contributed by atoms with Crippen molar-refractivity contribution in [2.45, 2.75) is 50.5 Å². The Hall–Kier alpha value is -2.91. The lowest BCUT2D eigenvalue weighted by Gasteiger charge is -2.38. The minimum absolute atomic E-state index is 0.100. The van der Waals surface area contributed by atoms with E-state index in [0.717, 1.165) is 43.8 Å². The first-order valence-corrected chi connectivity index (χ1v) is 13.4. The summed E-state index contributed by atoms with van der Waals surface area (Å²) < 4.78 is 93.0. The molecule has 0 spiro atoms. The fourth-order valence-corrected chi connectivity index (χ4v) is 5.60. The summed E-state index contributed by atoms with van der Waals surface area (Å²) in [6.45, 7) is 5.03. The highest BCUT2D eigenvalue weighted by Crippen LogP contribution is 2.37. The Balaban J connectivity index is 1.41. The van der Waals surface area contributed by atoms with Crippen LogP contribution in [0.2, 0.25) is 0 Å². The molecular weight excluding hydrogens is 533 g/mol. The molecule has 216 valence electrons. The Bertz CT molecular complexity index is 1190. The van der Waals surface area contributed by atoms with E-state index in [-0.39, 0.29) is 29.9 Å². The van der Waals surface area contributed by atoms with Gasteiger partial charge in [0.05, 0.1) is 11.1 Å². The Morgan fingerprint density at radius 1 is 0.875 bits per heavy atom. The number of nitrogens with one attached hydrogen (secondary N) is 1. The second-order valence-corrected chi connectivity index (χ2v) is 10.7. The molecule has 0 radical (unpaired) electrons. The molecule has 1 N–H and O–H groups in total. The van der Waals surface area contributed by atoms with Crippen molar-refractivity contribution in [3.8, 4) is 0 Å². The molecule has 9 heteroatoms. The average Bonchev–Trinajstić information content (AvgIpc) is 2.90. The van der Waals surface area contributed by atoms with E-state index in [1.165, 1.54) is 17.7 Å². The second-order valence-electron chi connectivity index (χ2n) is 10.7. The van der Waals surface area contributed by atoms with Crippen LogP contribution >= 0.6 is 0 Å². The van der Waals surface area contributed by atoms with Crippen molar-refractivity contribution in [3.05, 3.63) is 106 Å². The van der Waals surface area contributed by atoms with E-state index in [9.17, 15) is 30.7 Å². The highest BCUT2D eigenvalue weighted by Gasteiger charge is 2.37. The van der Waals surface area contributed by atoms with Crippen LogP contribution in [0.15, 0.2) is 72.8 Å². The molecule has 0 bridgehead atoms. The minimum atomic E-state index is -4.89. The van der Waals surface area contributed by atoms with Crippen LogP contribution in [0.25, 0.3) is 0 Å². The number of hydrogen-bond donors (Lipinski definition) is 1. The fourth-order valence-electron chi connectivity index (χ4n) is 5.60. The summed E-state index contributed by atoms with van der Waals surface area (Å²) in [5.41, 5.74) is -0.561. The van der Waals surface area contributed by atoms with Crippen molar-refractivity contribution < 1.29 is 30.7 Å². The molecule has 1 saturated heterocycles. The number of halogens is 7. The largest absolute Gasteiger partial charge is 0.416 e. The lowest BCUT2D eigenvalue weighted by Crippen LogP contribution is -2.39. The van der Waals surface area contributed by atoms with Gasteiger partial charge >= 0.3 is 12.4 Å². The number of nitrogens with zero attached hydrogens (tertiary/aromatic N) is 1. The minimum Gasteiger partial charge on any atom is -0.312 e. The third-order valence-electron chi connectivity index (χ3n) is 7.72. The maximum Gasteiger partial charge on any atom is 0.416 e. The predicted octanol–water partition coefficient (Wildman–Crippen LogP) is 8.25. The summed E-state index contributed by atoms with van der Waals surface area (Å²) >= 11 is 0. The van der Waals surface area contributed by atoms with Crippen molar-refractivity contribution in [3.63, 3.8) is 0 Å². The summed E-state index contributed by atoms with van der Waals surface area (Å²) in [6.07, 6.45) is -8.05. The first-order valence-electron chi connectivity index (χ1n) is 13.4. The molecule has 40 heavy (non-hydrogen) atoms. The number of alkyl halides is 6. The zero-order valence-electron chi connectivity index (χ0n) is 22.2. The van der Waals surface area contributed by atoms with E-state index in [1.54, 1.807) is 12.1 Å². The van der Waals surface area contributed by atoms with Gasteiger partial charge in [-0.25, -0.2) is 4.39 Å². The molecule has 0 aromatic heterocycles. The van der Waals surface area contributed by atoms with E-state index < -0.39 is 23.5 Å². The van der Waals surface area contributed by atoms with Crippen LogP contribution in [-0.4, -0.2) is 31.1 Å². The van der Waals surface area contributed by atoms with Crippen LogP contribution in [0.1, 0.15) is 59.4 Å². The van der Waals surface area contributed by atoms with Gasteiger partial charge in [0.1, 0.15) is 5.82 Å². The topological polar surface area (TPSA) is 15.3 Å². The Labute approximate surface area is 230 Å². The summed E-state index contributed by atoms with van der Waals surface area (Å²) in [5.74, 6) is 0.467. The maximum atomic E-state index is 13.6. The summed E-state index contributed by atoms with van der Waals surface area (Å²) in [5, 5.41) is 3.05. The number of rotatable bonds is 9. The van der Waals surface area contributed by atoms with E-state index in [2.05, 4.69) is 41.4 Å². The number of likely N-dealkylation sites (tertiary alicyclic amines) is 1. The lowest BCUT2D eigenvalue weighted by molar-refractivity contribution is -0.143. The normalized spacial score (nSPS) is 19.5. The standard InChI is InChI=1S/C31H33F7N2/c1-21-20-40(14-12-29(21)24-5-3-2-4-6-24)13-11-25(23-7-9-28(32)10-8-23)19-39-18-22-15-26(30(33,34)35)17-27(16-22)31(36,37)38/h2-10,15-17,21,25,29,39H,11-14,18-20H2,1H3/t21-,25-,29+/m1/s1. The Kier molecular flexibility index (Phi) is 9.56. The zero-order valence-corrected chi connectivity index (χ0v) is 22.2. The number of piperidine rings is 1. The van der Waals surface area contributed by atoms with Crippen molar-refractivity contribution in [1.29, 1.82) is 0 Å². The first kappa shape index (κ1) is 30.1. The molecule has 2 nitrogen and oxygen atoms in total. The highest BCUT2D eigenvalue weighted by atomic mass is 19.4. The number of benzene rings is 3. The predicted molar refractivity (Wildman–Crippen MR) is 141 cm³/mol. The van der Waals surface area contributed by atoms with Crippen LogP contribution < -0.4 is 5.32 Å². The molecule has 1 heterocycles. The van der Waals surface area contributed by atoms with Gasteiger partial charge in [-0.1, -0.05) is 49.4 Å². The molecule has 0 amide bonds. The van der Waals surface area contributed by atoms with E-state index >= 15 is 0 Å². The van der Waals surface area contributed by atoms with Crippen molar-refractivity contribution in [1.82, 2.24) is 10.2 Å². The monoisotopic (exact) mass is 566 g/mol. The molecule has 3 aromatic carbocycles. The highest BCUT2D eigenvalue weighted by molar-refractivity contribution is 5.33. The first-order chi connectivity index (χ1) is 18.9. The molecule has 3 aromatic rings. The van der Waals surface area contributed by atoms with Gasteiger partial charge in [-0.2, -0.15) is 26.3 Å². The summed E-state index contributed by atoms with van der Waals surface area (Å²) in [4.78, 5) is 2.39. The summed E-state index contributed by atoms with van der Waals surface area (Å²) in [7, 11) is 0. The van der Waals surface area contributed by atoms with Gasteiger partial charge in [-0.15, -0.1) is 0 Å². The molecule has 0 aliphatic carbocycles. The lowest BCUT2D eigenvalue weighted by atomic mass is 9.81. The molecule has 1 aliphatic rings. The Morgan fingerprint density at radius 2 is 1.50 bits per heavy atom. The summed E-state index contributed by atoms with van der Waals surface area (Å²) in [6, 6.07) is 18.1. The van der Waals surface area contributed by atoms with E-state index in [4.69, 9.17) is 0 Å². The molecule has 4 rings (SSSR count). The van der Waals surface area contributed by atoms with Crippen LogP contribution in [0.5, 0.6) is 0 Å². The molecular formula is C31H33F7N2. The van der Waals surface area contributed by atoms with Crippen molar-refractivity contribution in [2.75, 3.05) is 26.2 Å². The van der Waals surface area contributed by atoms with Crippen molar-refractivity contribution in [2.24, 2.45) is 5.92 Å². The van der Waals surface area contributed by atoms with Gasteiger partial charge in [-0.05, 0) is 90.7 Å². The SMILES string of the molecule is C[C@@H]1CN(CC[C@H](CNCc2cc(C(F)(F)F)cc(C(F)(F)F)c2)c2ccc(F)cc2)CC[C@@H]1c1ccccc1. The molecule has 1 fully saturated rings. The quantitative estimate of drug-likeness (QED) is 0.263. The van der Waals surface area contributed by atoms with Crippen LogP contribution in [0.4, 0.5) is 30.7 Å². The van der Waals surface area contributed by atoms with Crippen LogP contribution in [0, 0.1) is 11.7 Å². The fraction of sp³-hybridized carbons (Fsp3) is 0.419. The van der Waals surface area contributed by atoms with Crippen molar-refractivity contribution >= 4 is 0 Å². The third-order valence-corrected chi connectivity index (χ3v) is 7.72. The van der Waals surface area contributed by atoms with Gasteiger partial charge in [-0.3, -0.25) is 0 Å². The van der Waals surface area contributed by atoms with Crippen LogP contribution in [-0.2, 0) is 18.9 Å². The zero-order chi connectivity index (χ0) is 28.9. The van der Waals surface area contributed by atoms with E-state index in [0.29, 0.717) is 24.8 Å². The Morgan fingerprint density at radius 3 is 2.08 bits per heavy atom. The second kappa shape index (κ2) is 12.7. The van der Waals surface area contributed by atoms with Gasteiger partial charge in [0.2, 0.25) is 0 Å². The maximum absolute atomic E-state index is 13.6. The average molecular weight is 567 g/mol.